The third-order valence-electron chi connectivity index (χ3n) is 3.02. The number of carbonyl (C=O) groups excluding carboxylic acids is 1. The average Bonchev–Trinajstić information content (AvgIpc) is 2.55. The molecule has 6 heteroatoms. The standard InChI is InChI=1S/C15H14N4O2/c1-10(8-16)11-2-4-12(5-3-11)15(20)21-14-7-6-13(9-17)18-19-14/h2-7,10H,8,16H2,1H3. The summed E-state index contributed by atoms with van der Waals surface area (Å²) in [7, 11) is 0. The first-order chi connectivity index (χ1) is 10.1. The summed E-state index contributed by atoms with van der Waals surface area (Å²) in [6.45, 7) is 2.56. The van der Waals surface area contributed by atoms with E-state index in [0.29, 0.717) is 12.1 Å². The summed E-state index contributed by atoms with van der Waals surface area (Å²) < 4.78 is 5.08. The molecular formula is C15H14N4O2. The molecule has 0 bridgehead atoms. The van der Waals surface area contributed by atoms with Crippen LogP contribution in [0, 0.1) is 11.3 Å². The predicted molar refractivity (Wildman–Crippen MR) is 75.6 cm³/mol. The van der Waals surface area contributed by atoms with Gasteiger partial charge in [-0.3, -0.25) is 0 Å². The predicted octanol–water partition coefficient (Wildman–Crippen LogP) is 1.63. The largest absolute Gasteiger partial charge is 0.402 e. The number of benzene rings is 1. The monoisotopic (exact) mass is 282 g/mol. The highest BCUT2D eigenvalue weighted by molar-refractivity contribution is 5.90. The molecule has 0 saturated heterocycles. The van der Waals surface area contributed by atoms with Gasteiger partial charge in [0.25, 0.3) is 0 Å². The Morgan fingerprint density at radius 2 is 2.00 bits per heavy atom. The molecule has 0 aliphatic heterocycles. The molecule has 0 aliphatic rings. The zero-order valence-corrected chi connectivity index (χ0v) is 11.5. The lowest BCUT2D eigenvalue weighted by atomic mass is 10.0. The molecule has 0 saturated carbocycles. The lowest BCUT2D eigenvalue weighted by Crippen LogP contribution is -2.11. The first kappa shape index (κ1) is 14.6. The number of nitriles is 1. The van der Waals surface area contributed by atoms with Crippen LogP contribution in [0.15, 0.2) is 36.4 Å². The summed E-state index contributed by atoms with van der Waals surface area (Å²) in [6.07, 6.45) is 0. The molecule has 2 rings (SSSR count). The van der Waals surface area contributed by atoms with E-state index < -0.39 is 5.97 Å². The highest BCUT2D eigenvalue weighted by Gasteiger charge is 2.11. The Bertz CT molecular complexity index is 660. The summed E-state index contributed by atoms with van der Waals surface area (Å²) >= 11 is 0. The molecule has 1 heterocycles. The molecule has 0 fully saturated rings. The van der Waals surface area contributed by atoms with E-state index in [1.165, 1.54) is 12.1 Å². The second-order valence-electron chi connectivity index (χ2n) is 4.52. The van der Waals surface area contributed by atoms with Crippen LogP contribution in [0.4, 0.5) is 0 Å². The van der Waals surface area contributed by atoms with E-state index in [9.17, 15) is 4.79 Å². The molecule has 21 heavy (non-hydrogen) atoms. The second kappa shape index (κ2) is 6.59. The normalized spacial score (nSPS) is 11.5. The van der Waals surface area contributed by atoms with Crippen molar-refractivity contribution in [1.29, 1.82) is 5.26 Å². The Hall–Kier alpha value is -2.78. The van der Waals surface area contributed by atoms with E-state index in [1.807, 2.05) is 25.1 Å². The number of esters is 1. The minimum absolute atomic E-state index is 0.0541. The molecule has 2 aromatic rings. The van der Waals surface area contributed by atoms with E-state index in [-0.39, 0.29) is 17.5 Å². The molecule has 0 amide bonds. The van der Waals surface area contributed by atoms with Gasteiger partial charge in [-0.25, -0.2) is 4.79 Å². The number of rotatable bonds is 4. The number of hydrogen-bond acceptors (Lipinski definition) is 6. The third-order valence-corrected chi connectivity index (χ3v) is 3.02. The maximum atomic E-state index is 11.9. The van der Waals surface area contributed by atoms with Crippen molar-refractivity contribution in [3.8, 4) is 11.9 Å². The lowest BCUT2D eigenvalue weighted by Gasteiger charge is -2.09. The highest BCUT2D eigenvalue weighted by Crippen LogP contribution is 2.15. The zero-order chi connectivity index (χ0) is 15.2. The number of nitrogens with zero attached hydrogens (tertiary/aromatic N) is 3. The van der Waals surface area contributed by atoms with Crippen LogP contribution in [0.3, 0.4) is 0 Å². The Balaban J connectivity index is 2.07. The van der Waals surface area contributed by atoms with Crippen LogP contribution < -0.4 is 10.5 Å². The third kappa shape index (κ3) is 3.61. The Morgan fingerprint density at radius 3 is 2.52 bits per heavy atom. The van der Waals surface area contributed by atoms with Gasteiger partial charge in [-0.05, 0) is 36.2 Å². The fraction of sp³-hybridized carbons (Fsp3) is 0.200. The van der Waals surface area contributed by atoms with Crippen molar-refractivity contribution in [2.24, 2.45) is 5.73 Å². The first-order valence-corrected chi connectivity index (χ1v) is 6.40. The Labute approximate surface area is 122 Å². The second-order valence-corrected chi connectivity index (χ2v) is 4.52. The van der Waals surface area contributed by atoms with Crippen LogP contribution in [0.5, 0.6) is 5.88 Å². The zero-order valence-electron chi connectivity index (χ0n) is 11.5. The fourth-order valence-electron chi connectivity index (χ4n) is 1.67. The van der Waals surface area contributed by atoms with Gasteiger partial charge in [-0.15, -0.1) is 10.2 Å². The van der Waals surface area contributed by atoms with Crippen molar-refractivity contribution in [2.75, 3.05) is 6.54 Å². The van der Waals surface area contributed by atoms with E-state index in [4.69, 9.17) is 15.7 Å². The molecule has 6 nitrogen and oxygen atoms in total. The maximum absolute atomic E-state index is 11.9. The van der Waals surface area contributed by atoms with Gasteiger partial charge < -0.3 is 10.5 Å². The molecule has 1 aromatic heterocycles. The minimum Gasteiger partial charge on any atom is -0.402 e. The molecular weight excluding hydrogens is 268 g/mol. The summed E-state index contributed by atoms with van der Waals surface area (Å²) in [5, 5.41) is 15.8. The molecule has 0 radical (unpaired) electrons. The number of ether oxygens (including phenoxy) is 1. The van der Waals surface area contributed by atoms with Gasteiger partial charge in [0.05, 0.1) is 5.56 Å². The van der Waals surface area contributed by atoms with E-state index in [2.05, 4.69) is 10.2 Å². The molecule has 1 aromatic carbocycles. The van der Waals surface area contributed by atoms with Crippen LogP contribution >= 0.6 is 0 Å². The fourth-order valence-corrected chi connectivity index (χ4v) is 1.67. The summed E-state index contributed by atoms with van der Waals surface area (Å²) in [5.41, 5.74) is 7.23. The highest BCUT2D eigenvalue weighted by atomic mass is 16.5. The van der Waals surface area contributed by atoms with E-state index >= 15 is 0 Å². The SMILES string of the molecule is CC(CN)c1ccc(C(=O)Oc2ccc(C#N)nn2)cc1. The van der Waals surface area contributed by atoms with Gasteiger partial charge in [0.15, 0.2) is 5.69 Å². The van der Waals surface area contributed by atoms with E-state index in [1.54, 1.807) is 12.1 Å². The number of aromatic nitrogens is 2. The maximum Gasteiger partial charge on any atom is 0.344 e. The summed E-state index contributed by atoms with van der Waals surface area (Å²) in [5.74, 6) is -0.237. The van der Waals surface area contributed by atoms with E-state index in [0.717, 1.165) is 5.56 Å². The van der Waals surface area contributed by atoms with Gasteiger partial charge in [-0.1, -0.05) is 19.1 Å². The number of carbonyl (C=O) groups is 1. The minimum atomic E-state index is -0.527. The molecule has 106 valence electrons. The van der Waals surface area contributed by atoms with Gasteiger partial charge in [0.2, 0.25) is 5.88 Å². The van der Waals surface area contributed by atoms with Crippen molar-refractivity contribution in [3.63, 3.8) is 0 Å². The van der Waals surface area contributed by atoms with Crippen LogP contribution in [0.1, 0.15) is 34.5 Å². The first-order valence-electron chi connectivity index (χ1n) is 6.40. The van der Waals surface area contributed by atoms with Crippen LogP contribution in [0.2, 0.25) is 0 Å². The van der Waals surface area contributed by atoms with Crippen molar-refractivity contribution in [3.05, 3.63) is 53.2 Å². The van der Waals surface area contributed by atoms with Crippen LogP contribution in [0.25, 0.3) is 0 Å². The summed E-state index contributed by atoms with van der Waals surface area (Å²) in [4.78, 5) is 11.9. The van der Waals surface area contributed by atoms with Gasteiger partial charge in [0.1, 0.15) is 6.07 Å². The van der Waals surface area contributed by atoms with Crippen molar-refractivity contribution in [1.82, 2.24) is 10.2 Å². The Morgan fingerprint density at radius 1 is 1.29 bits per heavy atom. The quantitative estimate of drug-likeness (QED) is 0.855. The van der Waals surface area contributed by atoms with Crippen molar-refractivity contribution < 1.29 is 9.53 Å². The Kier molecular flexibility index (Phi) is 4.59. The molecule has 2 N–H and O–H groups in total. The van der Waals surface area contributed by atoms with Gasteiger partial charge in [-0.2, -0.15) is 5.26 Å². The average molecular weight is 282 g/mol. The molecule has 1 unspecified atom stereocenters. The number of nitrogens with two attached hydrogens (primary N) is 1. The topological polar surface area (TPSA) is 102 Å². The van der Waals surface area contributed by atoms with Crippen LogP contribution in [-0.2, 0) is 0 Å². The molecule has 0 aliphatic carbocycles. The molecule has 0 spiro atoms. The van der Waals surface area contributed by atoms with Gasteiger partial charge in [0, 0.05) is 6.07 Å². The lowest BCUT2D eigenvalue weighted by molar-refractivity contribution is 0.0725. The number of hydrogen-bond donors (Lipinski definition) is 1. The van der Waals surface area contributed by atoms with Crippen molar-refractivity contribution >= 4 is 5.97 Å². The van der Waals surface area contributed by atoms with Crippen LogP contribution in [-0.4, -0.2) is 22.7 Å². The summed E-state index contributed by atoms with van der Waals surface area (Å²) in [6, 6.07) is 11.7. The smallest absolute Gasteiger partial charge is 0.344 e. The van der Waals surface area contributed by atoms with Crippen molar-refractivity contribution in [2.45, 2.75) is 12.8 Å². The molecule has 1 atom stereocenters. The van der Waals surface area contributed by atoms with Gasteiger partial charge >= 0.3 is 5.97 Å².